The molecule has 0 N–H and O–H groups in total. The Morgan fingerprint density at radius 1 is 0.909 bits per heavy atom. The molecule has 1 saturated heterocycles. The SMILES string of the molecule is c1ccc(CN2CCN(c3ccc4nnnn4n3)CC2)cc1. The van der Waals surface area contributed by atoms with Gasteiger partial charge in [-0.2, -0.15) is 0 Å². The molecule has 0 atom stereocenters. The Kier molecular flexibility index (Phi) is 3.40. The number of rotatable bonds is 3. The van der Waals surface area contributed by atoms with Crippen molar-refractivity contribution in [1.29, 1.82) is 0 Å². The number of benzene rings is 1. The monoisotopic (exact) mass is 295 g/mol. The van der Waals surface area contributed by atoms with E-state index in [1.54, 1.807) is 0 Å². The molecule has 4 rings (SSSR count). The van der Waals surface area contributed by atoms with Crippen LogP contribution in [0.15, 0.2) is 42.5 Å². The van der Waals surface area contributed by atoms with Gasteiger partial charge in [0.1, 0.15) is 0 Å². The summed E-state index contributed by atoms with van der Waals surface area (Å²) in [5.74, 6) is 0.930. The van der Waals surface area contributed by atoms with Gasteiger partial charge in [-0.15, -0.1) is 14.8 Å². The van der Waals surface area contributed by atoms with E-state index in [1.807, 2.05) is 12.1 Å². The van der Waals surface area contributed by atoms with E-state index in [2.05, 4.69) is 60.8 Å². The largest absolute Gasteiger partial charge is 0.353 e. The highest BCUT2D eigenvalue weighted by atomic mass is 15.6. The van der Waals surface area contributed by atoms with Crippen molar-refractivity contribution in [3.05, 3.63) is 48.0 Å². The highest BCUT2D eigenvalue weighted by Gasteiger charge is 2.18. The van der Waals surface area contributed by atoms with Crippen molar-refractivity contribution in [2.24, 2.45) is 0 Å². The van der Waals surface area contributed by atoms with Crippen LogP contribution in [0, 0.1) is 0 Å². The lowest BCUT2D eigenvalue weighted by atomic mass is 10.2. The first-order valence-electron chi connectivity index (χ1n) is 7.45. The van der Waals surface area contributed by atoms with E-state index < -0.39 is 0 Å². The maximum Gasteiger partial charge on any atom is 0.200 e. The van der Waals surface area contributed by atoms with Gasteiger partial charge in [-0.05, 0) is 28.1 Å². The number of fused-ring (bicyclic) bond motifs is 1. The molecule has 7 nitrogen and oxygen atoms in total. The zero-order valence-electron chi connectivity index (χ0n) is 12.2. The summed E-state index contributed by atoms with van der Waals surface area (Å²) in [4.78, 5) is 4.75. The third-order valence-electron chi connectivity index (χ3n) is 4.00. The molecule has 0 unspecified atom stereocenters. The molecule has 3 aromatic rings. The number of hydrogen-bond donors (Lipinski definition) is 0. The fourth-order valence-electron chi connectivity index (χ4n) is 2.79. The first-order chi connectivity index (χ1) is 10.9. The second-order valence-corrected chi connectivity index (χ2v) is 5.47. The van der Waals surface area contributed by atoms with Crippen LogP contribution >= 0.6 is 0 Å². The Bertz CT molecular complexity index is 747. The zero-order chi connectivity index (χ0) is 14.8. The van der Waals surface area contributed by atoms with E-state index in [0.717, 1.165) is 38.5 Å². The predicted molar refractivity (Wildman–Crippen MR) is 82.5 cm³/mol. The van der Waals surface area contributed by atoms with Crippen molar-refractivity contribution in [3.8, 4) is 0 Å². The molecule has 0 bridgehead atoms. The number of piperazine rings is 1. The van der Waals surface area contributed by atoms with Gasteiger partial charge in [0.05, 0.1) is 0 Å². The van der Waals surface area contributed by atoms with Gasteiger partial charge in [-0.1, -0.05) is 30.3 Å². The summed E-state index contributed by atoms with van der Waals surface area (Å²) >= 11 is 0. The molecule has 1 fully saturated rings. The van der Waals surface area contributed by atoms with Crippen molar-refractivity contribution in [1.82, 2.24) is 30.2 Å². The summed E-state index contributed by atoms with van der Waals surface area (Å²) in [5.41, 5.74) is 2.04. The molecule has 1 aromatic carbocycles. The molecular weight excluding hydrogens is 278 g/mol. The van der Waals surface area contributed by atoms with E-state index in [9.17, 15) is 0 Å². The molecule has 0 spiro atoms. The van der Waals surface area contributed by atoms with Gasteiger partial charge >= 0.3 is 0 Å². The quantitative estimate of drug-likeness (QED) is 0.713. The molecule has 112 valence electrons. The molecule has 7 heteroatoms. The lowest BCUT2D eigenvalue weighted by molar-refractivity contribution is 0.249. The van der Waals surface area contributed by atoms with Crippen molar-refractivity contribution < 1.29 is 0 Å². The Morgan fingerprint density at radius 2 is 1.73 bits per heavy atom. The minimum Gasteiger partial charge on any atom is -0.353 e. The number of tetrazole rings is 1. The maximum atomic E-state index is 4.46. The number of anilines is 1. The lowest BCUT2D eigenvalue weighted by Gasteiger charge is -2.35. The van der Waals surface area contributed by atoms with Crippen LogP contribution in [0.3, 0.4) is 0 Å². The number of nitrogens with zero attached hydrogens (tertiary/aromatic N) is 7. The maximum absolute atomic E-state index is 4.46. The van der Waals surface area contributed by atoms with Crippen molar-refractivity contribution >= 4 is 11.5 Å². The van der Waals surface area contributed by atoms with Gasteiger partial charge in [0.2, 0.25) is 0 Å². The summed E-state index contributed by atoms with van der Waals surface area (Å²) in [7, 11) is 0. The fraction of sp³-hybridized carbons (Fsp3) is 0.333. The van der Waals surface area contributed by atoms with Gasteiger partial charge in [-0.3, -0.25) is 4.90 Å². The van der Waals surface area contributed by atoms with Crippen LogP contribution in [0.4, 0.5) is 5.82 Å². The Labute approximate surface area is 128 Å². The van der Waals surface area contributed by atoms with Crippen LogP contribution in [0.5, 0.6) is 0 Å². The fourth-order valence-corrected chi connectivity index (χ4v) is 2.79. The highest BCUT2D eigenvalue weighted by Crippen LogP contribution is 2.15. The standard InChI is InChI=1S/C15H17N7/c1-2-4-13(5-3-1)12-20-8-10-21(11-9-20)15-7-6-14-16-18-19-22(14)17-15/h1-7H,8-12H2. The highest BCUT2D eigenvalue weighted by molar-refractivity contribution is 5.44. The van der Waals surface area contributed by atoms with Crippen LogP contribution in [-0.4, -0.2) is 56.3 Å². The van der Waals surface area contributed by atoms with Crippen molar-refractivity contribution in [2.45, 2.75) is 6.54 Å². The second kappa shape index (κ2) is 5.69. The zero-order valence-corrected chi connectivity index (χ0v) is 12.2. The summed E-state index contributed by atoms with van der Waals surface area (Å²) in [6.07, 6.45) is 0. The second-order valence-electron chi connectivity index (χ2n) is 5.47. The minimum atomic E-state index is 0.673. The molecule has 0 aliphatic carbocycles. The lowest BCUT2D eigenvalue weighted by Crippen LogP contribution is -2.46. The molecule has 1 aliphatic heterocycles. The van der Waals surface area contributed by atoms with Gasteiger partial charge in [0, 0.05) is 32.7 Å². The van der Waals surface area contributed by atoms with Crippen LogP contribution in [0.2, 0.25) is 0 Å². The molecule has 0 amide bonds. The third kappa shape index (κ3) is 2.62. The smallest absolute Gasteiger partial charge is 0.200 e. The first-order valence-corrected chi connectivity index (χ1v) is 7.45. The normalized spacial score (nSPS) is 16.3. The average molecular weight is 295 g/mol. The summed E-state index contributed by atoms with van der Waals surface area (Å²) in [5, 5.41) is 15.8. The number of aromatic nitrogens is 5. The van der Waals surface area contributed by atoms with Crippen LogP contribution in [0.25, 0.3) is 5.65 Å². The van der Waals surface area contributed by atoms with Crippen LogP contribution in [0.1, 0.15) is 5.56 Å². The van der Waals surface area contributed by atoms with Crippen LogP contribution in [-0.2, 0) is 6.54 Å². The van der Waals surface area contributed by atoms with E-state index in [0.29, 0.717) is 5.65 Å². The van der Waals surface area contributed by atoms with E-state index in [4.69, 9.17) is 0 Å². The minimum absolute atomic E-state index is 0.673. The van der Waals surface area contributed by atoms with E-state index >= 15 is 0 Å². The Hall–Kier alpha value is -2.54. The topological polar surface area (TPSA) is 62.5 Å². The molecule has 3 heterocycles. The molecule has 22 heavy (non-hydrogen) atoms. The Balaban J connectivity index is 1.41. The average Bonchev–Trinajstić information content (AvgIpc) is 3.04. The first kappa shape index (κ1) is 13.1. The van der Waals surface area contributed by atoms with Crippen molar-refractivity contribution in [3.63, 3.8) is 0 Å². The third-order valence-corrected chi connectivity index (χ3v) is 4.00. The summed E-state index contributed by atoms with van der Waals surface area (Å²) in [6, 6.07) is 14.5. The van der Waals surface area contributed by atoms with Crippen molar-refractivity contribution in [2.75, 3.05) is 31.1 Å². The molecule has 1 aliphatic rings. The predicted octanol–water partition coefficient (Wildman–Crippen LogP) is 0.841. The van der Waals surface area contributed by atoms with E-state index in [-0.39, 0.29) is 0 Å². The van der Waals surface area contributed by atoms with Crippen LogP contribution < -0.4 is 4.90 Å². The Morgan fingerprint density at radius 3 is 2.55 bits per heavy atom. The van der Waals surface area contributed by atoms with Gasteiger partial charge in [0.15, 0.2) is 11.5 Å². The molecule has 0 saturated carbocycles. The number of hydrogen-bond acceptors (Lipinski definition) is 6. The molecule has 2 aromatic heterocycles. The summed E-state index contributed by atoms with van der Waals surface area (Å²) < 4.78 is 1.48. The van der Waals surface area contributed by atoms with Gasteiger partial charge in [-0.25, -0.2) is 0 Å². The molecular formula is C15H17N7. The van der Waals surface area contributed by atoms with Gasteiger partial charge in [0.25, 0.3) is 0 Å². The summed E-state index contributed by atoms with van der Waals surface area (Å²) in [6.45, 7) is 5.00. The van der Waals surface area contributed by atoms with E-state index in [1.165, 1.54) is 10.2 Å². The molecule has 0 radical (unpaired) electrons. The van der Waals surface area contributed by atoms with Gasteiger partial charge < -0.3 is 4.90 Å².